The van der Waals surface area contributed by atoms with Gasteiger partial charge >= 0.3 is 0 Å². The van der Waals surface area contributed by atoms with Crippen molar-refractivity contribution in [3.05, 3.63) is 59.9 Å². The number of ether oxygens (including phenoxy) is 2. The van der Waals surface area contributed by atoms with Gasteiger partial charge in [-0.2, -0.15) is 0 Å². The maximum Gasteiger partial charge on any atom is 0.130 e. The second kappa shape index (κ2) is 6.56. The molecule has 2 aromatic rings. The summed E-state index contributed by atoms with van der Waals surface area (Å²) in [7, 11) is 0. The van der Waals surface area contributed by atoms with Crippen LogP contribution in [0.3, 0.4) is 0 Å². The molecule has 5 heteroatoms. The van der Waals surface area contributed by atoms with Crippen molar-refractivity contribution >= 4 is 5.84 Å². The van der Waals surface area contributed by atoms with Crippen molar-refractivity contribution in [2.45, 2.75) is 0 Å². The number of nitrogens with one attached hydrogen (secondary N) is 1. The van der Waals surface area contributed by atoms with E-state index in [2.05, 4.69) is 0 Å². The molecule has 0 atom stereocenters. The first kappa shape index (κ1) is 13.9. The van der Waals surface area contributed by atoms with Gasteiger partial charge in [0.2, 0.25) is 0 Å². The predicted octanol–water partition coefficient (Wildman–Crippen LogP) is 2.57. The van der Waals surface area contributed by atoms with Crippen LogP contribution in [0.5, 0.6) is 11.5 Å². The summed E-state index contributed by atoms with van der Waals surface area (Å²) in [6.07, 6.45) is 0. The molecule has 0 saturated carbocycles. The van der Waals surface area contributed by atoms with Gasteiger partial charge in [0.1, 0.15) is 36.4 Å². The van der Waals surface area contributed by atoms with Crippen molar-refractivity contribution in [3.63, 3.8) is 0 Å². The minimum absolute atomic E-state index is 0.233. The lowest BCUT2D eigenvalue weighted by Crippen LogP contribution is -2.15. The van der Waals surface area contributed by atoms with Crippen LogP contribution in [0.25, 0.3) is 0 Å². The van der Waals surface area contributed by atoms with Crippen LogP contribution in [0.2, 0.25) is 0 Å². The monoisotopic (exact) mass is 274 g/mol. The molecule has 2 rings (SSSR count). The molecule has 0 bridgehead atoms. The molecule has 0 heterocycles. The molecule has 20 heavy (non-hydrogen) atoms. The third-order valence-electron chi connectivity index (χ3n) is 2.58. The Bertz CT molecular complexity index is 588. The van der Waals surface area contributed by atoms with Gasteiger partial charge in [0.05, 0.1) is 5.56 Å². The van der Waals surface area contributed by atoms with E-state index in [0.717, 1.165) is 5.75 Å². The molecule has 0 spiro atoms. The Hall–Kier alpha value is -2.56. The van der Waals surface area contributed by atoms with Gasteiger partial charge in [-0.1, -0.05) is 18.2 Å². The van der Waals surface area contributed by atoms with Gasteiger partial charge < -0.3 is 15.2 Å². The van der Waals surface area contributed by atoms with Gasteiger partial charge in [-0.3, -0.25) is 5.41 Å². The van der Waals surface area contributed by atoms with Crippen LogP contribution in [0.15, 0.2) is 48.5 Å². The lowest BCUT2D eigenvalue weighted by atomic mass is 10.2. The van der Waals surface area contributed by atoms with E-state index in [9.17, 15) is 4.39 Å². The first-order valence-corrected chi connectivity index (χ1v) is 6.11. The van der Waals surface area contributed by atoms with Crippen LogP contribution in [0.1, 0.15) is 5.56 Å². The van der Waals surface area contributed by atoms with Crippen molar-refractivity contribution in [1.29, 1.82) is 5.41 Å². The number of hydrogen-bond acceptors (Lipinski definition) is 3. The van der Waals surface area contributed by atoms with Crippen LogP contribution in [-0.4, -0.2) is 19.0 Å². The standard InChI is InChI=1S/C15H15FN2O2/c16-11-6-7-14(13(10-11)15(17)18)20-9-8-19-12-4-2-1-3-5-12/h1-7,10H,8-9H2,(H3,17,18). The number of nitrogen functional groups attached to an aromatic ring is 1. The minimum atomic E-state index is -0.455. The molecule has 104 valence electrons. The third-order valence-corrected chi connectivity index (χ3v) is 2.58. The number of nitrogens with two attached hydrogens (primary N) is 1. The van der Waals surface area contributed by atoms with Crippen molar-refractivity contribution in [2.75, 3.05) is 13.2 Å². The van der Waals surface area contributed by atoms with Gasteiger partial charge in [-0.05, 0) is 30.3 Å². The van der Waals surface area contributed by atoms with Crippen LogP contribution < -0.4 is 15.2 Å². The first-order chi connectivity index (χ1) is 9.66. The number of para-hydroxylation sites is 1. The van der Waals surface area contributed by atoms with Crippen molar-refractivity contribution in [1.82, 2.24) is 0 Å². The normalized spacial score (nSPS) is 10.1. The van der Waals surface area contributed by atoms with Crippen LogP contribution >= 0.6 is 0 Å². The molecule has 0 aliphatic heterocycles. The first-order valence-electron chi connectivity index (χ1n) is 6.11. The molecule has 0 unspecified atom stereocenters. The van der Waals surface area contributed by atoms with Crippen molar-refractivity contribution in [3.8, 4) is 11.5 Å². The summed E-state index contributed by atoms with van der Waals surface area (Å²) in [5, 5.41) is 7.39. The molecule has 0 aliphatic rings. The van der Waals surface area contributed by atoms with Gasteiger partial charge in [-0.25, -0.2) is 4.39 Å². The maximum atomic E-state index is 13.1. The fourth-order valence-corrected chi connectivity index (χ4v) is 1.67. The Morgan fingerprint density at radius 3 is 2.45 bits per heavy atom. The Labute approximate surface area is 116 Å². The minimum Gasteiger partial charge on any atom is -0.490 e. The van der Waals surface area contributed by atoms with E-state index >= 15 is 0 Å². The number of amidine groups is 1. The van der Waals surface area contributed by atoms with E-state index in [0.29, 0.717) is 12.4 Å². The van der Waals surface area contributed by atoms with E-state index in [1.807, 2.05) is 30.3 Å². The highest BCUT2D eigenvalue weighted by molar-refractivity contribution is 5.97. The highest BCUT2D eigenvalue weighted by Gasteiger charge is 2.08. The largest absolute Gasteiger partial charge is 0.490 e. The van der Waals surface area contributed by atoms with Crippen LogP contribution in [-0.2, 0) is 0 Å². The quantitative estimate of drug-likeness (QED) is 0.483. The number of hydrogen-bond donors (Lipinski definition) is 2. The fourth-order valence-electron chi connectivity index (χ4n) is 1.67. The van der Waals surface area contributed by atoms with Crippen LogP contribution in [0, 0.1) is 11.2 Å². The topological polar surface area (TPSA) is 68.3 Å². The van der Waals surface area contributed by atoms with Crippen molar-refractivity contribution < 1.29 is 13.9 Å². The molecule has 0 radical (unpaired) electrons. The Balaban J connectivity index is 1.90. The molecule has 0 aromatic heterocycles. The molecule has 2 aromatic carbocycles. The molecule has 0 fully saturated rings. The predicted molar refractivity (Wildman–Crippen MR) is 74.8 cm³/mol. The Kier molecular flexibility index (Phi) is 4.55. The zero-order valence-corrected chi connectivity index (χ0v) is 10.8. The number of halogens is 1. The van der Waals surface area contributed by atoms with E-state index < -0.39 is 5.82 Å². The molecule has 0 aliphatic carbocycles. The fraction of sp³-hybridized carbons (Fsp3) is 0.133. The lowest BCUT2D eigenvalue weighted by molar-refractivity contribution is 0.217. The smallest absolute Gasteiger partial charge is 0.130 e. The summed E-state index contributed by atoms with van der Waals surface area (Å²) in [6, 6.07) is 13.2. The van der Waals surface area contributed by atoms with E-state index in [-0.39, 0.29) is 18.0 Å². The van der Waals surface area contributed by atoms with Crippen molar-refractivity contribution in [2.24, 2.45) is 5.73 Å². The zero-order valence-electron chi connectivity index (χ0n) is 10.8. The second-order valence-corrected chi connectivity index (χ2v) is 4.06. The Morgan fingerprint density at radius 1 is 1.05 bits per heavy atom. The number of rotatable bonds is 6. The van der Waals surface area contributed by atoms with Gasteiger partial charge in [0.15, 0.2) is 0 Å². The summed E-state index contributed by atoms with van der Waals surface area (Å²) in [5.41, 5.74) is 5.62. The summed E-state index contributed by atoms with van der Waals surface area (Å²) in [5.74, 6) is 0.434. The van der Waals surface area contributed by atoms with E-state index in [1.165, 1.54) is 18.2 Å². The molecule has 0 amide bonds. The summed E-state index contributed by atoms with van der Waals surface area (Å²) < 4.78 is 24.0. The second-order valence-electron chi connectivity index (χ2n) is 4.06. The summed E-state index contributed by atoms with van der Waals surface area (Å²) >= 11 is 0. The lowest BCUT2D eigenvalue weighted by Gasteiger charge is -2.11. The Morgan fingerprint density at radius 2 is 1.75 bits per heavy atom. The van der Waals surface area contributed by atoms with E-state index in [4.69, 9.17) is 20.6 Å². The molecular formula is C15H15FN2O2. The zero-order chi connectivity index (χ0) is 14.4. The summed E-state index contributed by atoms with van der Waals surface area (Å²) in [4.78, 5) is 0. The highest BCUT2D eigenvalue weighted by atomic mass is 19.1. The number of benzene rings is 2. The average Bonchev–Trinajstić information content (AvgIpc) is 2.45. The summed E-state index contributed by atoms with van der Waals surface area (Å²) in [6.45, 7) is 0.625. The van der Waals surface area contributed by atoms with Gasteiger partial charge in [0.25, 0.3) is 0 Å². The van der Waals surface area contributed by atoms with Gasteiger partial charge in [0, 0.05) is 0 Å². The van der Waals surface area contributed by atoms with Crippen LogP contribution in [0.4, 0.5) is 4.39 Å². The maximum absolute atomic E-state index is 13.1. The molecule has 4 nitrogen and oxygen atoms in total. The molecular weight excluding hydrogens is 259 g/mol. The molecule has 0 saturated heterocycles. The average molecular weight is 274 g/mol. The SMILES string of the molecule is N=C(N)c1cc(F)ccc1OCCOc1ccccc1. The molecule has 3 N–H and O–H groups in total. The van der Waals surface area contributed by atoms with E-state index in [1.54, 1.807) is 0 Å². The third kappa shape index (κ3) is 3.71. The van der Waals surface area contributed by atoms with Gasteiger partial charge in [-0.15, -0.1) is 0 Å². The highest BCUT2D eigenvalue weighted by Crippen LogP contribution is 2.19.